The van der Waals surface area contributed by atoms with Crippen molar-refractivity contribution in [3.05, 3.63) is 45.5 Å². The van der Waals surface area contributed by atoms with Crippen LogP contribution in [-0.4, -0.2) is 33.0 Å². The fourth-order valence-corrected chi connectivity index (χ4v) is 3.96. The summed E-state index contributed by atoms with van der Waals surface area (Å²) in [5.41, 5.74) is 1.50. The third kappa shape index (κ3) is 4.95. The minimum absolute atomic E-state index is 0.243. The van der Waals surface area contributed by atoms with E-state index in [1.165, 1.54) is 0 Å². The van der Waals surface area contributed by atoms with Crippen LogP contribution in [0.15, 0.2) is 39.9 Å². The smallest absolute Gasteiger partial charge is 0.161 e. The number of hydrogen-bond donors (Lipinski definition) is 1. The topological polar surface area (TPSA) is 47.9 Å². The molecule has 0 fully saturated rings. The molecule has 0 heterocycles. The molecule has 1 aromatic rings. The number of allylic oxidation sites excluding steroid dienone is 3. The monoisotopic (exact) mass is 400 g/mol. The van der Waals surface area contributed by atoms with Gasteiger partial charge in [-0.25, -0.2) is 0 Å². The molecule has 0 aromatic heterocycles. The van der Waals surface area contributed by atoms with Gasteiger partial charge in [-0.3, -0.25) is 0 Å². The van der Waals surface area contributed by atoms with Gasteiger partial charge < -0.3 is 19.3 Å². The van der Waals surface area contributed by atoms with Gasteiger partial charge in [0.25, 0.3) is 0 Å². The molecule has 0 bridgehead atoms. The molecule has 4 nitrogen and oxygen atoms in total. The van der Waals surface area contributed by atoms with E-state index in [1.54, 1.807) is 33.5 Å². The summed E-state index contributed by atoms with van der Waals surface area (Å²) < 4.78 is 15.8. The number of halogens is 2. The summed E-state index contributed by atoms with van der Waals surface area (Å²) in [7, 11) is 4.82. The highest BCUT2D eigenvalue weighted by atomic mass is 35.5. The molecule has 0 radical (unpaired) electrons. The van der Waals surface area contributed by atoms with Crippen LogP contribution in [0.2, 0.25) is 0 Å². The van der Waals surface area contributed by atoms with E-state index in [-0.39, 0.29) is 11.8 Å². The molecule has 0 aliphatic heterocycles. The Balaban J connectivity index is 2.25. The van der Waals surface area contributed by atoms with Crippen LogP contribution in [0.25, 0.3) is 0 Å². The lowest BCUT2D eigenvalue weighted by molar-refractivity contribution is 0.136. The number of rotatable bonds is 7. The SMILES string of the molecule is COCC1CC(Cl)=C(CC(O)c2ccc(OC)c(OC)c2)C(Cl)=CC1C. The van der Waals surface area contributed by atoms with E-state index < -0.39 is 6.10 Å². The summed E-state index contributed by atoms with van der Waals surface area (Å²) >= 11 is 13.1. The van der Waals surface area contributed by atoms with Crippen LogP contribution in [0, 0.1) is 11.8 Å². The fourth-order valence-electron chi connectivity index (χ4n) is 3.14. The molecule has 0 amide bonds. The molecule has 6 heteroatoms. The number of benzene rings is 1. The lowest BCUT2D eigenvalue weighted by Gasteiger charge is -2.19. The lowest BCUT2D eigenvalue weighted by atomic mass is 9.92. The van der Waals surface area contributed by atoms with Crippen molar-refractivity contribution in [2.24, 2.45) is 11.8 Å². The predicted molar refractivity (Wildman–Crippen MR) is 105 cm³/mol. The Morgan fingerprint density at radius 2 is 1.85 bits per heavy atom. The van der Waals surface area contributed by atoms with Crippen LogP contribution in [0.5, 0.6) is 11.5 Å². The fraction of sp³-hybridized carbons (Fsp3) is 0.500. The van der Waals surface area contributed by atoms with Crippen LogP contribution in [0.4, 0.5) is 0 Å². The molecule has 0 saturated heterocycles. The number of hydrogen-bond acceptors (Lipinski definition) is 4. The molecule has 144 valence electrons. The van der Waals surface area contributed by atoms with Crippen LogP contribution < -0.4 is 9.47 Å². The van der Waals surface area contributed by atoms with Crippen molar-refractivity contribution in [3.63, 3.8) is 0 Å². The van der Waals surface area contributed by atoms with Gasteiger partial charge in [0.2, 0.25) is 0 Å². The molecule has 2 rings (SSSR count). The Hall–Kier alpha value is -1.20. The Labute approximate surface area is 165 Å². The van der Waals surface area contributed by atoms with Crippen molar-refractivity contribution in [1.82, 2.24) is 0 Å². The van der Waals surface area contributed by atoms with Gasteiger partial charge in [0.05, 0.1) is 20.3 Å². The van der Waals surface area contributed by atoms with Gasteiger partial charge in [-0.15, -0.1) is 0 Å². The normalized spacial score (nSPS) is 21.9. The van der Waals surface area contributed by atoms with Crippen molar-refractivity contribution >= 4 is 23.2 Å². The van der Waals surface area contributed by atoms with E-state index in [0.717, 1.165) is 11.1 Å². The van der Waals surface area contributed by atoms with Crippen LogP contribution >= 0.6 is 23.2 Å². The quantitative estimate of drug-likeness (QED) is 0.695. The van der Waals surface area contributed by atoms with Crippen LogP contribution in [-0.2, 0) is 4.74 Å². The van der Waals surface area contributed by atoms with Gasteiger partial charge in [0.15, 0.2) is 11.5 Å². The minimum Gasteiger partial charge on any atom is -0.493 e. The number of aliphatic hydroxyl groups is 1. The highest BCUT2D eigenvalue weighted by Gasteiger charge is 2.25. The third-order valence-corrected chi connectivity index (χ3v) is 5.52. The van der Waals surface area contributed by atoms with Crippen molar-refractivity contribution in [2.45, 2.75) is 25.9 Å². The molecule has 0 saturated carbocycles. The molecule has 26 heavy (non-hydrogen) atoms. The third-order valence-electron chi connectivity index (χ3n) is 4.78. The first kappa shape index (κ1) is 21.1. The van der Waals surface area contributed by atoms with Crippen molar-refractivity contribution < 1.29 is 19.3 Å². The van der Waals surface area contributed by atoms with Gasteiger partial charge >= 0.3 is 0 Å². The molecule has 3 unspecified atom stereocenters. The molecule has 1 aromatic carbocycles. The van der Waals surface area contributed by atoms with E-state index in [1.807, 2.05) is 12.1 Å². The first-order chi connectivity index (χ1) is 12.4. The van der Waals surface area contributed by atoms with E-state index >= 15 is 0 Å². The zero-order chi connectivity index (χ0) is 19.3. The summed E-state index contributed by atoms with van der Waals surface area (Å²) in [4.78, 5) is 0. The molecule has 1 aliphatic carbocycles. The van der Waals surface area contributed by atoms with Crippen LogP contribution in [0.1, 0.15) is 31.4 Å². The predicted octanol–water partition coefficient (Wildman–Crippen LogP) is 5.05. The van der Waals surface area contributed by atoms with Crippen molar-refractivity contribution in [3.8, 4) is 11.5 Å². The van der Waals surface area contributed by atoms with Crippen molar-refractivity contribution in [1.29, 1.82) is 0 Å². The summed E-state index contributed by atoms with van der Waals surface area (Å²) in [5, 5.41) is 12.0. The Bertz CT molecular complexity index is 684. The highest BCUT2D eigenvalue weighted by molar-refractivity contribution is 6.35. The summed E-state index contributed by atoms with van der Waals surface area (Å²) in [6, 6.07) is 5.35. The van der Waals surface area contributed by atoms with Crippen molar-refractivity contribution in [2.75, 3.05) is 27.9 Å². The summed E-state index contributed by atoms with van der Waals surface area (Å²) in [6.45, 7) is 2.72. The van der Waals surface area contributed by atoms with Gasteiger partial charge in [0.1, 0.15) is 0 Å². The molecule has 1 aliphatic rings. The average Bonchev–Trinajstić information content (AvgIpc) is 2.72. The average molecular weight is 401 g/mol. The molecule has 3 atom stereocenters. The number of methoxy groups -OCH3 is 3. The summed E-state index contributed by atoms with van der Waals surface area (Å²) in [6.07, 6.45) is 2.25. The second-order valence-corrected chi connectivity index (χ2v) is 7.37. The molecular weight excluding hydrogens is 375 g/mol. The zero-order valence-electron chi connectivity index (χ0n) is 15.6. The number of aliphatic hydroxyl groups excluding tert-OH is 1. The summed E-state index contributed by atoms with van der Waals surface area (Å²) in [5.74, 6) is 1.69. The first-order valence-electron chi connectivity index (χ1n) is 8.55. The Morgan fingerprint density at radius 1 is 1.15 bits per heavy atom. The van der Waals surface area contributed by atoms with E-state index in [9.17, 15) is 5.11 Å². The lowest BCUT2D eigenvalue weighted by Crippen LogP contribution is -2.15. The van der Waals surface area contributed by atoms with Gasteiger partial charge in [0, 0.05) is 30.2 Å². The molecular formula is C20H26Cl2O4. The Morgan fingerprint density at radius 3 is 2.46 bits per heavy atom. The van der Waals surface area contributed by atoms with Crippen LogP contribution in [0.3, 0.4) is 0 Å². The van der Waals surface area contributed by atoms with E-state index in [0.29, 0.717) is 41.0 Å². The first-order valence-corrected chi connectivity index (χ1v) is 9.31. The van der Waals surface area contributed by atoms with Gasteiger partial charge in [-0.1, -0.05) is 42.3 Å². The second-order valence-electron chi connectivity index (χ2n) is 6.51. The molecule has 1 N–H and O–H groups in total. The Kier molecular flexibility index (Phi) is 7.84. The number of ether oxygens (including phenoxy) is 3. The minimum atomic E-state index is -0.755. The van der Waals surface area contributed by atoms with E-state index in [4.69, 9.17) is 37.4 Å². The molecule has 0 spiro atoms. The maximum atomic E-state index is 10.7. The maximum absolute atomic E-state index is 10.7. The maximum Gasteiger partial charge on any atom is 0.161 e. The second kappa shape index (κ2) is 9.65. The highest BCUT2D eigenvalue weighted by Crippen LogP contribution is 2.40. The van der Waals surface area contributed by atoms with Gasteiger partial charge in [-0.05, 0) is 41.5 Å². The largest absolute Gasteiger partial charge is 0.493 e. The zero-order valence-corrected chi connectivity index (χ0v) is 17.1. The van der Waals surface area contributed by atoms with Gasteiger partial charge in [-0.2, -0.15) is 0 Å². The van der Waals surface area contributed by atoms with E-state index in [2.05, 4.69) is 6.92 Å². The standard InChI is InChI=1S/C20H26Cl2O4/c1-12-7-16(21)15(17(22)8-14(12)11-24-2)10-18(23)13-5-6-19(25-3)20(9-13)26-4/h5-7,9,12,14,18,23H,8,10-11H2,1-4H3.